The van der Waals surface area contributed by atoms with Crippen molar-refractivity contribution in [3.63, 3.8) is 0 Å². The van der Waals surface area contributed by atoms with Gasteiger partial charge in [-0.15, -0.1) is 0 Å². The van der Waals surface area contributed by atoms with E-state index < -0.39 is 0 Å². The van der Waals surface area contributed by atoms with Crippen LogP contribution in [0.5, 0.6) is 0 Å². The molecule has 0 radical (unpaired) electrons. The first-order chi connectivity index (χ1) is 10.5. The smallest absolute Gasteiger partial charge is 0.155 e. The Morgan fingerprint density at radius 3 is 2.17 bits per heavy atom. The fourth-order valence-corrected chi connectivity index (χ4v) is 1.87. The van der Waals surface area contributed by atoms with E-state index in [4.69, 9.17) is 0 Å². The van der Waals surface area contributed by atoms with Gasteiger partial charge in [0.1, 0.15) is 0 Å². The zero-order valence-corrected chi connectivity index (χ0v) is 15.8. The Balaban J connectivity index is -0.000000305. The number of hydrogen-bond acceptors (Lipinski definition) is 1. The van der Waals surface area contributed by atoms with Crippen molar-refractivity contribution in [3.8, 4) is 0 Å². The van der Waals surface area contributed by atoms with Crippen LogP contribution in [0.1, 0.15) is 79.4 Å². The Morgan fingerprint density at radius 1 is 1.17 bits per heavy atom. The molecule has 0 saturated heterocycles. The van der Waals surface area contributed by atoms with E-state index in [1.165, 1.54) is 24.0 Å². The standard InChI is InChI=1S/C10H18O.C9H12.C2H6.CH4/c1-4-6-9(3)7-8-10(11)5-2;1-3-9-6-4-5-8(2)7-9;1-2;/h7-9H,4-6H2,1-3H3;4-7H,3H2,1-2H3;1-2H3;1H4/b8-7-;;;. The highest BCUT2D eigenvalue weighted by Crippen LogP contribution is 2.06. The topological polar surface area (TPSA) is 17.1 Å². The van der Waals surface area contributed by atoms with Crippen molar-refractivity contribution in [1.29, 1.82) is 0 Å². The normalized spacial score (nSPS) is 10.6. The van der Waals surface area contributed by atoms with E-state index in [2.05, 4.69) is 52.0 Å². The minimum atomic E-state index is 0. The van der Waals surface area contributed by atoms with E-state index >= 15 is 0 Å². The lowest BCUT2D eigenvalue weighted by Gasteiger charge is -2.00. The first-order valence-electron chi connectivity index (χ1n) is 8.79. The molecule has 0 aromatic heterocycles. The predicted molar refractivity (Wildman–Crippen MR) is 107 cm³/mol. The highest BCUT2D eigenvalue weighted by molar-refractivity contribution is 5.89. The molecular weight excluding hydrogens is 280 g/mol. The van der Waals surface area contributed by atoms with Gasteiger partial charge in [0.2, 0.25) is 0 Å². The highest BCUT2D eigenvalue weighted by Gasteiger charge is 1.95. The lowest BCUT2D eigenvalue weighted by atomic mass is 10.1. The van der Waals surface area contributed by atoms with Crippen LogP contribution in [0.3, 0.4) is 0 Å². The number of ketones is 1. The maximum Gasteiger partial charge on any atom is 0.155 e. The van der Waals surface area contributed by atoms with E-state index in [1.807, 2.05) is 26.8 Å². The van der Waals surface area contributed by atoms with Crippen molar-refractivity contribution < 1.29 is 4.79 Å². The molecule has 0 aliphatic heterocycles. The van der Waals surface area contributed by atoms with Gasteiger partial charge in [0.15, 0.2) is 5.78 Å². The summed E-state index contributed by atoms with van der Waals surface area (Å²) in [5.41, 5.74) is 2.78. The third kappa shape index (κ3) is 16.8. The fraction of sp³-hybridized carbons (Fsp3) is 0.591. The fourth-order valence-electron chi connectivity index (χ4n) is 1.87. The summed E-state index contributed by atoms with van der Waals surface area (Å²) in [7, 11) is 0. The van der Waals surface area contributed by atoms with E-state index in [1.54, 1.807) is 6.08 Å². The van der Waals surface area contributed by atoms with Crippen molar-refractivity contribution in [2.24, 2.45) is 5.92 Å². The Labute approximate surface area is 146 Å². The van der Waals surface area contributed by atoms with Crippen LogP contribution in [-0.4, -0.2) is 5.78 Å². The van der Waals surface area contributed by atoms with E-state index in [-0.39, 0.29) is 13.2 Å². The average molecular weight is 321 g/mol. The molecular formula is C22H40O. The summed E-state index contributed by atoms with van der Waals surface area (Å²) in [5, 5.41) is 0. The van der Waals surface area contributed by atoms with Gasteiger partial charge in [-0.3, -0.25) is 4.79 Å². The second-order valence-electron chi connectivity index (χ2n) is 5.29. The molecule has 0 spiro atoms. The first-order valence-corrected chi connectivity index (χ1v) is 8.79. The summed E-state index contributed by atoms with van der Waals surface area (Å²) >= 11 is 0. The summed E-state index contributed by atoms with van der Waals surface area (Å²) in [6.07, 6.45) is 7.84. The van der Waals surface area contributed by atoms with E-state index in [0.29, 0.717) is 12.3 Å². The Hall–Kier alpha value is -1.37. The minimum Gasteiger partial charge on any atom is -0.295 e. The third-order valence-electron chi connectivity index (χ3n) is 3.19. The molecule has 0 N–H and O–H groups in total. The molecule has 1 rings (SSSR count). The largest absolute Gasteiger partial charge is 0.295 e. The molecule has 1 aromatic rings. The van der Waals surface area contributed by atoms with Crippen LogP contribution >= 0.6 is 0 Å². The lowest BCUT2D eigenvalue weighted by Crippen LogP contribution is -1.92. The summed E-state index contributed by atoms with van der Waals surface area (Å²) in [5.74, 6) is 0.781. The van der Waals surface area contributed by atoms with E-state index in [0.717, 1.165) is 6.42 Å². The number of hydrogen-bond donors (Lipinski definition) is 0. The Kier molecular flexibility index (Phi) is 21.5. The number of carbonyl (C=O) groups excluding carboxylic acids is 1. The van der Waals surface area contributed by atoms with Gasteiger partial charge in [-0.05, 0) is 37.3 Å². The van der Waals surface area contributed by atoms with Crippen LogP contribution in [0.15, 0.2) is 36.4 Å². The molecule has 0 saturated carbocycles. The van der Waals surface area contributed by atoms with Gasteiger partial charge < -0.3 is 0 Å². The van der Waals surface area contributed by atoms with Gasteiger partial charge in [0.05, 0.1) is 0 Å². The van der Waals surface area contributed by atoms with Crippen molar-refractivity contribution >= 4 is 5.78 Å². The van der Waals surface area contributed by atoms with Crippen molar-refractivity contribution in [1.82, 2.24) is 0 Å². The minimum absolute atomic E-state index is 0. The number of allylic oxidation sites excluding steroid dienone is 2. The number of aryl methyl sites for hydroxylation is 2. The zero-order valence-electron chi connectivity index (χ0n) is 15.8. The quantitative estimate of drug-likeness (QED) is 0.507. The molecule has 134 valence electrons. The van der Waals surface area contributed by atoms with Crippen LogP contribution in [-0.2, 0) is 11.2 Å². The van der Waals surface area contributed by atoms with Crippen molar-refractivity contribution in [2.45, 2.75) is 81.6 Å². The number of benzene rings is 1. The molecule has 0 fully saturated rings. The van der Waals surface area contributed by atoms with Crippen LogP contribution < -0.4 is 0 Å². The second-order valence-corrected chi connectivity index (χ2v) is 5.29. The summed E-state index contributed by atoms with van der Waals surface area (Å²) in [6, 6.07) is 8.61. The highest BCUT2D eigenvalue weighted by atomic mass is 16.1. The molecule has 1 unspecified atom stereocenters. The number of rotatable bonds is 6. The summed E-state index contributed by atoms with van der Waals surface area (Å²) < 4.78 is 0. The van der Waals surface area contributed by atoms with Crippen molar-refractivity contribution in [3.05, 3.63) is 47.5 Å². The second kappa shape index (κ2) is 18.7. The maximum atomic E-state index is 10.8. The predicted octanol–water partition coefficient (Wildman–Crippen LogP) is 7.18. The van der Waals surface area contributed by atoms with Crippen LogP contribution in [0.25, 0.3) is 0 Å². The van der Waals surface area contributed by atoms with Gasteiger partial charge in [0, 0.05) is 6.42 Å². The monoisotopic (exact) mass is 320 g/mol. The molecule has 1 atom stereocenters. The molecule has 0 aliphatic rings. The zero-order chi connectivity index (χ0) is 17.4. The van der Waals surface area contributed by atoms with Gasteiger partial charge in [-0.25, -0.2) is 0 Å². The number of carbonyl (C=O) groups is 1. The molecule has 0 bridgehead atoms. The summed E-state index contributed by atoms with van der Waals surface area (Å²) in [6.45, 7) is 14.5. The maximum absolute atomic E-state index is 10.8. The van der Waals surface area contributed by atoms with Crippen LogP contribution in [0, 0.1) is 12.8 Å². The molecule has 0 amide bonds. The SMILES string of the molecule is C.CC.CCCC(C)/C=C\C(=O)CC.CCc1cccc(C)c1. The average Bonchev–Trinajstić information content (AvgIpc) is 2.55. The first kappa shape index (κ1) is 26.5. The van der Waals surface area contributed by atoms with Gasteiger partial charge >= 0.3 is 0 Å². The molecule has 0 aliphatic carbocycles. The molecule has 1 nitrogen and oxygen atoms in total. The van der Waals surface area contributed by atoms with Gasteiger partial charge in [-0.1, -0.05) is 91.3 Å². The van der Waals surface area contributed by atoms with Gasteiger partial charge in [-0.2, -0.15) is 0 Å². The van der Waals surface area contributed by atoms with Gasteiger partial charge in [0.25, 0.3) is 0 Å². The molecule has 23 heavy (non-hydrogen) atoms. The molecule has 1 aromatic carbocycles. The lowest BCUT2D eigenvalue weighted by molar-refractivity contribution is -0.114. The molecule has 1 heteroatoms. The van der Waals surface area contributed by atoms with Crippen molar-refractivity contribution in [2.75, 3.05) is 0 Å². The van der Waals surface area contributed by atoms with Crippen LogP contribution in [0.2, 0.25) is 0 Å². The molecule has 0 heterocycles. The van der Waals surface area contributed by atoms with E-state index in [9.17, 15) is 4.79 Å². The third-order valence-corrected chi connectivity index (χ3v) is 3.19. The Morgan fingerprint density at radius 2 is 1.78 bits per heavy atom. The summed E-state index contributed by atoms with van der Waals surface area (Å²) in [4.78, 5) is 10.8. The van der Waals surface area contributed by atoms with Crippen LogP contribution in [0.4, 0.5) is 0 Å². The Bertz CT molecular complexity index is 404.